The molecule has 0 radical (unpaired) electrons. The van der Waals surface area contributed by atoms with E-state index in [0.717, 1.165) is 11.5 Å². The fourth-order valence-electron chi connectivity index (χ4n) is 0.724. The Morgan fingerprint density at radius 2 is 2.25 bits per heavy atom. The van der Waals surface area contributed by atoms with Crippen molar-refractivity contribution in [3.63, 3.8) is 0 Å². The normalized spacial score (nSPS) is 12.9. The standard InChI is InChI=1S/C9H15NO2/c1-4-10-8(2)7-9(3)12-6-5-11/h4,7,11H,1,5-6H2,2-3H3/b9-7+,10-8?. The Hall–Kier alpha value is -1.09. The lowest BCUT2D eigenvalue weighted by Crippen LogP contribution is -1.98. The fourth-order valence-corrected chi connectivity index (χ4v) is 0.724. The number of aliphatic hydroxyl groups excluding tert-OH is 1. The highest BCUT2D eigenvalue weighted by Gasteiger charge is 1.89. The summed E-state index contributed by atoms with van der Waals surface area (Å²) >= 11 is 0. The Labute approximate surface area is 73.1 Å². The lowest BCUT2D eigenvalue weighted by atomic mass is 10.3. The first kappa shape index (κ1) is 10.9. The molecule has 0 saturated heterocycles. The molecule has 0 aromatic rings. The molecule has 0 aliphatic rings. The fraction of sp³-hybridized carbons (Fsp3) is 0.444. The Morgan fingerprint density at radius 3 is 2.75 bits per heavy atom. The molecule has 0 aliphatic heterocycles. The maximum atomic E-state index is 8.45. The average Bonchev–Trinajstić information content (AvgIpc) is 2.01. The highest BCUT2D eigenvalue weighted by Crippen LogP contribution is 1.95. The lowest BCUT2D eigenvalue weighted by Gasteiger charge is -2.02. The summed E-state index contributed by atoms with van der Waals surface area (Å²) in [4.78, 5) is 3.93. The third-order valence-corrected chi connectivity index (χ3v) is 1.13. The average molecular weight is 169 g/mol. The van der Waals surface area contributed by atoms with Crippen LogP contribution in [0.15, 0.2) is 29.6 Å². The summed E-state index contributed by atoms with van der Waals surface area (Å²) < 4.78 is 5.10. The van der Waals surface area contributed by atoms with Gasteiger partial charge in [0.25, 0.3) is 0 Å². The van der Waals surface area contributed by atoms with Crippen molar-refractivity contribution in [3.05, 3.63) is 24.6 Å². The van der Waals surface area contributed by atoms with E-state index in [1.165, 1.54) is 6.20 Å². The van der Waals surface area contributed by atoms with Gasteiger partial charge in [-0.3, -0.25) is 4.99 Å². The van der Waals surface area contributed by atoms with E-state index in [1.807, 2.05) is 13.8 Å². The van der Waals surface area contributed by atoms with Crippen LogP contribution in [0.1, 0.15) is 13.8 Å². The Morgan fingerprint density at radius 1 is 1.58 bits per heavy atom. The predicted octanol–water partition coefficient (Wildman–Crippen LogP) is 1.50. The molecule has 0 amide bonds. The molecular formula is C9H15NO2. The van der Waals surface area contributed by atoms with Crippen molar-refractivity contribution in [2.75, 3.05) is 13.2 Å². The van der Waals surface area contributed by atoms with Gasteiger partial charge in [0.05, 0.1) is 12.4 Å². The second-order valence-corrected chi connectivity index (χ2v) is 2.28. The van der Waals surface area contributed by atoms with Gasteiger partial charge in [-0.1, -0.05) is 6.58 Å². The molecule has 0 heterocycles. The van der Waals surface area contributed by atoms with Gasteiger partial charge in [-0.15, -0.1) is 0 Å². The van der Waals surface area contributed by atoms with E-state index in [4.69, 9.17) is 9.84 Å². The SMILES string of the molecule is C=CN=C(C)/C=C(\C)OCCO. The van der Waals surface area contributed by atoms with Crippen molar-refractivity contribution >= 4 is 5.71 Å². The lowest BCUT2D eigenvalue weighted by molar-refractivity contribution is 0.146. The van der Waals surface area contributed by atoms with Crippen LogP contribution in [0.5, 0.6) is 0 Å². The van der Waals surface area contributed by atoms with Crippen molar-refractivity contribution in [2.24, 2.45) is 4.99 Å². The van der Waals surface area contributed by atoms with Gasteiger partial charge in [0, 0.05) is 11.9 Å². The first-order valence-corrected chi connectivity index (χ1v) is 3.78. The maximum absolute atomic E-state index is 8.45. The Kier molecular flexibility index (Phi) is 6.01. The molecule has 0 aliphatic carbocycles. The molecule has 0 spiro atoms. The van der Waals surface area contributed by atoms with Crippen LogP contribution in [0.4, 0.5) is 0 Å². The number of hydrogen-bond acceptors (Lipinski definition) is 3. The van der Waals surface area contributed by atoms with Crippen LogP contribution in [0.3, 0.4) is 0 Å². The van der Waals surface area contributed by atoms with Crippen molar-refractivity contribution in [3.8, 4) is 0 Å². The van der Waals surface area contributed by atoms with Crippen LogP contribution in [-0.4, -0.2) is 24.0 Å². The van der Waals surface area contributed by atoms with Crippen molar-refractivity contribution < 1.29 is 9.84 Å². The monoisotopic (exact) mass is 169 g/mol. The molecule has 68 valence electrons. The molecule has 0 fully saturated rings. The molecule has 12 heavy (non-hydrogen) atoms. The predicted molar refractivity (Wildman–Crippen MR) is 50.1 cm³/mol. The zero-order chi connectivity index (χ0) is 9.40. The first-order chi connectivity index (χ1) is 5.70. The van der Waals surface area contributed by atoms with Crippen LogP contribution < -0.4 is 0 Å². The Bertz CT molecular complexity index is 195. The molecule has 0 aromatic heterocycles. The van der Waals surface area contributed by atoms with Gasteiger partial charge in [0.15, 0.2) is 0 Å². The van der Waals surface area contributed by atoms with Gasteiger partial charge in [0.1, 0.15) is 6.61 Å². The van der Waals surface area contributed by atoms with E-state index in [0.29, 0.717) is 6.61 Å². The molecule has 0 rings (SSSR count). The summed E-state index contributed by atoms with van der Waals surface area (Å²) in [6.07, 6.45) is 3.27. The molecule has 3 nitrogen and oxygen atoms in total. The van der Waals surface area contributed by atoms with E-state index in [1.54, 1.807) is 6.08 Å². The van der Waals surface area contributed by atoms with Gasteiger partial charge < -0.3 is 9.84 Å². The number of aliphatic hydroxyl groups is 1. The van der Waals surface area contributed by atoms with Crippen LogP contribution in [-0.2, 0) is 4.74 Å². The zero-order valence-corrected chi connectivity index (χ0v) is 7.58. The Balaban J connectivity index is 3.97. The summed E-state index contributed by atoms with van der Waals surface area (Å²) in [6.45, 7) is 7.50. The smallest absolute Gasteiger partial charge is 0.111 e. The first-order valence-electron chi connectivity index (χ1n) is 3.78. The highest BCUT2D eigenvalue weighted by atomic mass is 16.5. The van der Waals surface area contributed by atoms with Crippen molar-refractivity contribution in [2.45, 2.75) is 13.8 Å². The minimum atomic E-state index is 0.0306. The number of aliphatic imine (C=N–C) groups is 1. The summed E-state index contributed by atoms with van der Waals surface area (Å²) in [5.74, 6) is 0.743. The molecule has 0 saturated carbocycles. The number of rotatable bonds is 5. The number of hydrogen-bond donors (Lipinski definition) is 1. The van der Waals surface area contributed by atoms with E-state index in [2.05, 4.69) is 11.6 Å². The molecule has 1 N–H and O–H groups in total. The van der Waals surface area contributed by atoms with Crippen LogP contribution in [0.2, 0.25) is 0 Å². The van der Waals surface area contributed by atoms with E-state index in [9.17, 15) is 0 Å². The second kappa shape index (κ2) is 6.61. The largest absolute Gasteiger partial charge is 0.496 e. The summed E-state index contributed by atoms with van der Waals surface area (Å²) in [5, 5.41) is 8.45. The van der Waals surface area contributed by atoms with Gasteiger partial charge in [0.2, 0.25) is 0 Å². The summed E-state index contributed by atoms with van der Waals surface area (Å²) in [7, 11) is 0. The van der Waals surface area contributed by atoms with Gasteiger partial charge >= 0.3 is 0 Å². The van der Waals surface area contributed by atoms with Crippen molar-refractivity contribution in [1.82, 2.24) is 0 Å². The molecule has 0 unspecified atom stereocenters. The number of ether oxygens (including phenoxy) is 1. The summed E-state index contributed by atoms with van der Waals surface area (Å²) in [6, 6.07) is 0. The highest BCUT2D eigenvalue weighted by molar-refractivity contribution is 5.93. The minimum Gasteiger partial charge on any atom is -0.496 e. The van der Waals surface area contributed by atoms with E-state index < -0.39 is 0 Å². The van der Waals surface area contributed by atoms with E-state index in [-0.39, 0.29) is 6.61 Å². The molecule has 0 atom stereocenters. The maximum Gasteiger partial charge on any atom is 0.111 e. The second-order valence-electron chi connectivity index (χ2n) is 2.28. The van der Waals surface area contributed by atoms with Crippen molar-refractivity contribution in [1.29, 1.82) is 0 Å². The van der Waals surface area contributed by atoms with Crippen LogP contribution in [0.25, 0.3) is 0 Å². The molecule has 0 aromatic carbocycles. The zero-order valence-electron chi connectivity index (χ0n) is 7.58. The van der Waals surface area contributed by atoms with E-state index >= 15 is 0 Å². The van der Waals surface area contributed by atoms with Gasteiger partial charge in [-0.25, -0.2) is 0 Å². The molecular weight excluding hydrogens is 154 g/mol. The van der Waals surface area contributed by atoms with Gasteiger partial charge in [-0.05, 0) is 19.9 Å². The number of nitrogens with zero attached hydrogens (tertiary/aromatic N) is 1. The quantitative estimate of drug-likeness (QED) is 0.500. The van der Waals surface area contributed by atoms with Gasteiger partial charge in [-0.2, -0.15) is 0 Å². The molecule has 3 heteroatoms. The third kappa shape index (κ3) is 5.68. The van der Waals surface area contributed by atoms with Crippen LogP contribution >= 0.6 is 0 Å². The number of allylic oxidation sites excluding steroid dienone is 2. The topological polar surface area (TPSA) is 41.8 Å². The third-order valence-electron chi connectivity index (χ3n) is 1.13. The minimum absolute atomic E-state index is 0.0306. The molecule has 0 bridgehead atoms. The van der Waals surface area contributed by atoms with Crippen LogP contribution in [0, 0.1) is 0 Å². The summed E-state index contributed by atoms with van der Waals surface area (Å²) in [5.41, 5.74) is 0.834.